The maximum atomic E-state index is 6.47. The quantitative estimate of drug-likeness (QED) is 0.352. The van der Waals surface area contributed by atoms with E-state index in [0.29, 0.717) is 6.10 Å². The Kier molecular flexibility index (Phi) is 8.92. The Balaban J connectivity index is 2.14. The van der Waals surface area contributed by atoms with Crippen LogP contribution in [0.5, 0.6) is 0 Å². The van der Waals surface area contributed by atoms with E-state index >= 15 is 0 Å². The zero-order valence-corrected chi connectivity index (χ0v) is 15.8. The van der Waals surface area contributed by atoms with E-state index in [0.717, 1.165) is 4.83 Å². The predicted molar refractivity (Wildman–Crippen MR) is 91.7 cm³/mol. The summed E-state index contributed by atoms with van der Waals surface area (Å²) in [6.45, 7) is 7.10. The van der Waals surface area contributed by atoms with Crippen molar-refractivity contribution in [3.63, 3.8) is 0 Å². The van der Waals surface area contributed by atoms with E-state index in [4.69, 9.17) is 4.43 Å². The molecular weight excluding hydrogens is 316 g/mol. The third kappa shape index (κ3) is 8.51. The van der Waals surface area contributed by atoms with Crippen molar-refractivity contribution in [3.8, 4) is 0 Å². The van der Waals surface area contributed by atoms with Crippen LogP contribution in [-0.4, -0.2) is 19.2 Å². The lowest BCUT2D eigenvalue weighted by Gasteiger charge is -2.32. The first kappa shape index (κ1) is 17.7. The van der Waals surface area contributed by atoms with Gasteiger partial charge in [0.1, 0.15) is 0 Å². The van der Waals surface area contributed by atoms with Crippen molar-refractivity contribution in [3.05, 3.63) is 0 Å². The first-order chi connectivity index (χ1) is 9.03. The molecule has 0 aromatic carbocycles. The maximum absolute atomic E-state index is 6.47. The van der Waals surface area contributed by atoms with Crippen molar-refractivity contribution >= 4 is 24.2 Å². The molecule has 0 aromatic rings. The average molecular weight is 349 g/mol. The number of unbranched alkanes of at least 4 members (excludes halogenated alkanes) is 1. The summed E-state index contributed by atoms with van der Waals surface area (Å²) in [4.78, 5) is 0.729. The van der Waals surface area contributed by atoms with Crippen molar-refractivity contribution in [1.82, 2.24) is 0 Å². The Morgan fingerprint density at radius 3 is 2.37 bits per heavy atom. The van der Waals surface area contributed by atoms with Gasteiger partial charge in [0.05, 0.1) is 0 Å². The zero-order valence-electron chi connectivity index (χ0n) is 13.2. The number of rotatable bonds is 9. The molecule has 0 saturated heterocycles. The van der Waals surface area contributed by atoms with E-state index in [9.17, 15) is 0 Å². The van der Waals surface area contributed by atoms with Crippen LogP contribution in [-0.2, 0) is 4.43 Å². The average Bonchev–Trinajstić information content (AvgIpc) is 2.36. The summed E-state index contributed by atoms with van der Waals surface area (Å²) in [5, 5.41) is 0. The van der Waals surface area contributed by atoms with Crippen molar-refractivity contribution in [2.24, 2.45) is 0 Å². The molecule has 1 fully saturated rings. The fourth-order valence-electron chi connectivity index (χ4n) is 3.01. The highest BCUT2D eigenvalue weighted by molar-refractivity contribution is 9.09. The van der Waals surface area contributed by atoms with Gasteiger partial charge in [0.25, 0.3) is 0 Å². The fourth-order valence-corrected chi connectivity index (χ4v) is 5.97. The highest BCUT2D eigenvalue weighted by Gasteiger charge is 2.27. The maximum Gasteiger partial charge on any atom is 0.187 e. The lowest BCUT2D eigenvalue weighted by atomic mass is 9.98. The molecule has 1 unspecified atom stereocenters. The first-order valence-electron chi connectivity index (χ1n) is 8.35. The Morgan fingerprint density at radius 1 is 1.11 bits per heavy atom. The molecule has 1 saturated carbocycles. The normalized spacial score (nSPS) is 19.6. The van der Waals surface area contributed by atoms with Gasteiger partial charge in [-0.25, -0.2) is 0 Å². The molecule has 0 heterocycles. The Hall–Kier alpha value is 0.657. The second-order valence-corrected chi connectivity index (χ2v) is 12.3. The molecule has 1 aliphatic rings. The van der Waals surface area contributed by atoms with Gasteiger partial charge >= 0.3 is 0 Å². The van der Waals surface area contributed by atoms with Crippen LogP contribution in [0.25, 0.3) is 0 Å². The molecule has 1 aliphatic carbocycles. The second-order valence-electron chi connectivity index (χ2n) is 6.77. The summed E-state index contributed by atoms with van der Waals surface area (Å²) in [5.74, 6) is 0. The van der Waals surface area contributed by atoms with Gasteiger partial charge in [-0.05, 0) is 44.8 Å². The molecule has 0 spiro atoms. The van der Waals surface area contributed by atoms with Gasteiger partial charge in [0, 0.05) is 10.9 Å². The SMILES string of the molecule is CCCCC(Br)CCC[Si](C)(C)OC1CCCCC1. The number of alkyl halides is 1. The van der Waals surface area contributed by atoms with Gasteiger partial charge < -0.3 is 4.43 Å². The summed E-state index contributed by atoms with van der Waals surface area (Å²) in [7, 11) is -1.41. The molecule has 19 heavy (non-hydrogen) atoms. The minimum absolute atomic E-state index is 0.593. The van der Waals surface area contributed by atoms with Crippen molar-refractivity contribution < 1.29 is 4.43 Å². The third-order valence-corrected chi connectivity index (χ3v) is 7.65. The van der Waals surface area contributed by atoms with Gasteiger partial charge in [-0.1, -0.05) is 61.4 Å². The van der Waals surface area contributed by atoms with E-state index in [1.54, 1.807) is 0 Å². The molecule has 0 radical (unpaired) electrons. The molecule has 0 bridgehead atoms. The van der Waals surface area contributed by atoms with Gasteiger partial charge in [-0.3, -0.25) is 0 Å². The minimum Gasteiger partial charge on any atom is -0.414 e. The number of halogens is 1. The molecule has 3 heteroatoms. The van der Waals surface area contributed by atoms with Crippen molar-refractivity contribution in [2.75, 3.05) is 0 Å². The summed E-state index contributed by atoms with van der Waals surface area (Å²) < 4.78 is 6.47. The highest BCUT2D eigenvalue weighted by atomic mass is 79.9. The molecule has 114 valence electrons. The van der Waals surface area contributed by atoms with E-state index in [-0.39, 0.29) is 0 Å². The lowest BCUT2D eigenvalue weighted by molar-refractivity contribution is 0.145. The highest BCUT2D eigenvalue weighted by Crippen LogP contribution is 2.27. The molecular formula is C16H33BrOSi. The van der Waals surface area contributed by atoms with Crippen LogP contribution >= 0.6 is 15.9 Å². The van der Waals surface area contributed by atoms with Crippen molar-refractivity contribution in [2.45, 2.75) is 101 Å². The molecule has 0 aromatic heterocycles. The van der Waals surface area contributed by atoms with Gasteiger partial charge in [0.2, 0.25) is 0 Å². The molecule has 1 atom stereocenters. The van der Waals surface area contributed by atoms with Crippen LogP contribution in [0, 0.1) is 0 Å². The van der Waals surface area contributed by atoms with Crippen LogP contribution in [0.3, 0.4) is 0 Å². The second kappa shape index (κ2) is 9.57. The summed E-state index contributed by atoms with van der Waals surface area (Å²) in [5.41, 5.74) is 0. The molecule has 0 N–H and O–H groups in total. The zero-order chi connectivity index (χ0) is 14.1. The Morgan fingerprint density at radius 2 is 1.74 bits per heavy atom. The van der Waals surface area contributed by atoms with Crippen LogP contribution in [0.2, 0.25) is 19.1 Å². The summed E-state index contributed by atoms with van der Waals surface area (Å²) >= 11 is 3.82. The Bertz CT molecular complexity index is 227. The van der Waals surface area contributed by atoms with Crippen LogP contribution < -0.4 is 0 Å². The smallest absolute Gasteiger partial charge is 0.187 e. The minimum atomic E-state index is -1.41. The first-order valence-corrected chi connectivity index (χ1v) is 12.4. The van der Waals surface area contributed by atoms with Gasteiger partial charge in [-0.15, -0.1) is 0 Å². The molecule has 1 rings (SSSR count). The Labute approximate surface area is 130 Å². The largest absolute Gasteiger partial charge is 0.414 e. The summed E-state index contributed by atoms with van der Waals surface area (Å²) in [6, 6.07) is 1.33. The lowest BCUT2D eigenvalue weighted by Crippen LogP contribution is -2.36. The van der Waals surface area contributed by atoms with E-state index in [1.807, 2.05) is 0 Å². The number of hydrogen-bond donors (Lipinski definition) is 0. The standard InChI is InChI=1S/C16H33BrOSi/c1-4-5-10-15(17)11-9-14-19(2,3)18-16-12-7-6-8-13-16/h15-16H,4-14H2,1-3H3. The third-order valence-electron chi connectivity index (χ3n) is 4.21. The van der Waals surface area contributed by atoms with Crippen LogP contribution in [0.4, 0.5) is 0 Å². The molecule has 0 aliphatic heterocycles. The van der Waals surface area contributed by atoms with Gasteiger partial charge in [-0.2, -0.15) is 0 Å². The predicted octanol–water partition coefficient (Wildman–Crippen LogP) is 6.27. The topological polar surface area (TPSA) is 9.23 Å². The monoisotopic (exact) mass is 348 g/mol. The fraction of sp³-hybridized carbons (Fsp3) is 1.00. The molecule has 1 nitrogen and oxygen atoms in total. The van der Waals surface area contributed by atoms with Crippen molar-refractivity contribution in [1.29, 1.82) is 0 Å². The van der Waals surface area contributed by atoms with E-state index in [1.165, 1.54) is 70.3 Å². The molecule has 0 amide bonds. The van der Waals surface area contributed by atoms with Gasteiger partial charge in [0.15, 0.2) is 8.32 Å². The van der Waals surface area contributed by atoms with E-state index in [2.05, 4.69) is 35.9 Å². The van der Waals surface area contributed by atoms with E-state index < -0.39 is 8.32 Å². The van der Waals surface area contributed by atoms with Crippen LogP contribution in [0.15, 0.2) is 0 Å². The summed E-state index contributed by atoms with van der Waals surface area (Å²) in [6.07, 6.45) is 14.1. The van der Waals surface area contributed by atoms with Crippen LogP contribution in [0.1, 0.15) is 71.1 Å². The number of hydrogen-bond acceptors (Lipinski definition) is 1.